The molecule has 0 aliphatic rings. The Morgan fingerprint density at radius 1 is 1.03 bits per heavy atom. The zero-order chi connectivity index (χ0) is 21.9. The molecule has 3 aromatic rings. The number of ether oxygens (including phenoxy) is 1. The second-order valence-corrected chi connectivity index (χ2v) is 10.4. The van der Waals surface area contributed by atoms with Gasteiger partial charge in [-0.15, -0.1) is 5.10 Å². The molecule has 9 heteroatoms. The fraction of sp³-hybridized carbons (Fsp3) is 0.429. The lowest BCUT2D eigenvalue weighted by molar-refractivity contribution is 0.0779. The van der Waals surface area contributed by atoms with E-state index >= 15 is 0 Å². The van der Waals surface area contributed by atoms with Gasteiger partial charge in [-0.3, -0.25) is 0 Å². The number of benzene rings is 2. The molecule has 0 aliphatic heterocycles. The minimum absolute atomic E-state index is 0.110. The molecule has 0 fully saturated rings. The second-order valence-electron chi connectivity index (χ2n) is 8.21. The van der Waals surface area contributed by atoms with E-state index in [9.17, 15) is 8.42 Å². The Kier molecular flexibility index (Phi) is 6.33. The van der Waals surface area contributed by atoms with E-state index in [4.69, 9.17) is 9.57 Å². The normalized spacial score (nSPS) is 12.5. The van der Waals surface area contributed by atoms with E-state index in [0.717, 1.165) is 10.1 Å². The van der Waals surface area contributed by atoms with Crippen LogP contribution >= 0.6 is 0 Å². The molecule has 8 nitrogen and oxygen atoms in total. The van der Waals surface area contributed by atoms with E-state index in [0.29, 0.717) is 30.7 Å². The first-order chi connectivity index (χ1) is 14.1. The monoisotopic (exact) mass is 432 g/mol. The maximum atomic E-state index is 12.3. The largest absolute Gasteiger partial charge is 0.493 e. The van der Waals surface area contributed by atoms with Gasteiger partial charge in [0.05, 0.1) is 11.5 Å². The summed E-state index contributed by atoms with van der Waals surface area (Å²) in [4.78, 5) is 7.06. The third kappa shape index (κ3) is 4.91. The molecule has 0 atom stereocenters. The summed E-state index contributed by atoms with van der Waals surface area (Å²) in [5, 5.41) is 7.96. The highest BCUT2D eigenvalue weighted by Crippen LogP contribution is 2.24. The average Bonchev–Trinajstić information content (AvgIpc) is 3.09. The molecule has 0 radical (unpaired) electrons. The first kappa shape index (κ1) is 22.0. The van der Waals surface area contributed by atoms with Gasteiger partial charge in [-0.2, -0.15) is 0 Å². The lowest BCUT2D eigenvalue weighted by Crippen LogP contribution is -2.22. The van der Waals surface area contributed by atoms with Crippen LogP contribution in [-0.4, -0.2) is 55.2 Å². The van der Waals surface area contributed by atoms with Crippen molar-refractivity contribution in [3.63, 3.8) is 0 Å². The molecule has 0 unspecified atom stereocenters. The first-order valence-corrected chi connectivity index (χ1v) is 11.2. The fourth-order valence-corrected chi connectivity index (χ4v) is 3.72. The smallest absolute Gasteiger partial charge is 0.242 e. The van der Waals surface area contributed by atoms with Gasteiger partial charge in [0.25, 0.3) is 0 Å². The molecule has 2 aromatic carbocycles. The van der Waals surface area contributed by atoms with Crippen molar-refractivity contribution in [2.45, 2.75) is 37.5 Å². The van der Waals surface area contributed by atoms with Crippen molar-refractivity contribution in [1.82, 2.24) is 19.5 Å². The number of aromatic nitrogens is 3. The van der Waals surface area contributed by atoms with Gasteiger partial charge in [-0.1, -0.05) is 37.7 Å². The highest BCUT2D eigenvalue weighted by Gasteiger charge is 2.19. The summed E-state index contributed by atoms with van der Waals surface area (Å²) < 4.78 is 31.6. The highest BCUT2D eigenvalue weighted by atomic mass is 32.2. The second kappa shape index (κ2) is 8.61. The summed E-state index contributed by atoms with van der Waals surface area (Å²) >= 11 is 0. The molecule has 3 rings (SSSR count). The van der Waals surface area contributed by atoms with Crippen molar-refractivity contribution in [2.75, 3.05) is 27.3 Å². The molecular formula is C21H28N4O4S. The predicted octanol–water partition coefficient (Wildman–Crippen LogP) is 2.88. The number of nitrogens with zero attached hydrogens (tertiary/aromatic N) is 4. The maximum absolute atomic E-state index is 12.3. The van der Waals surface area contributed by atoms with Crippen LogP contribution in [0, 0.1) is 0 Å². The molecule has 30 heavy (non-hydrogen) atoms. The Labute approximate surface area is 177 Å². The fourth-order valence-electron chi connectivity index (χ4n) is 2.80. The minimum atomic E-state index is -3.55. The molecular weight excluding hydrogens is 404 g/mol. The summed E-state index contributed by atoms with van der Waals surface area (Å²) in [7, 11) is -0.570. The van der Waals surface area contributed by atoms with Gasteiger partial charge in [0.15, 0.2) is 0 Å². The number of fused-ring (bicyclic) bond motifs is 1. The number of hydrogen-bond donors (Lipinski definition) is 0. The summed E-state index contributed by atoms with van der Waals surface area (Å²) in [5.41, 5.74) is 2.42. The van der Waals surface area contributed by atoms with Gasteiger partial charge in [0, 0.05) is 20.5 Å². The van der Waals surface area contributed by atoms with Crippen LogP contribution in [0.5, 0.6) is 5.75 Å². The van der Waals surface area contributed by atoms with Gasteiger partial charge >= 0.3 is 0 Å². The standard InChI is InChI=1S/C21H28N4O4S/c1-21(2,3)16-7-9-17(10-8-16)28-13-6-14-29-25-20-15-18(30(26,27)24(4)5)11-12-19(20)22-23-25/h7-12,15H,6,13-14H2,1-5H3. The minimum Gasteiger partial charge on any atom is -0.493 e. The SMILES string of the molecule is CN(C)S(=O)(=O)c1ccc2nnn(OCCCOc3ccc(C(C)(C)C)cc3)c2c1. The van der Waals surface area contributed by atoms with E-state index in [1.807, 2.05) is 12.1 Å². The molecule has 0 saturated heterocycles. The van der Waals surface area contributed by atoms with Gasteiger partial charge in [0.1, 0.15) is 23.4 Å². The van der Waals surface area contributed by atoms with Crippen LogP contribution in [0.3, 0.4) is 0 Å². The van der Waals surface area contributed by atoms with Crippen LogP contribution in [0.1, 0.15) is 32.8 Å². The summed E-state index contributed by atoms with van der Waals surface area (Å²) in [5.74, 6) is 0.813. The Hall–Kier alpha value is -2.65. The highest BCUT2D eigenvalue weighted by molar-refractivity contribution is 7.89. The van der Waals surface area contributed by atoms with Crippen LogP contribution in [0.25, 0.3) is 11.0 Å². The Morgan fingerprint density at radius 2 is 1.73 bits per heavy atom. The molecule has 0 saturated carbocycles. The lowest BCUT2D eigenvalue weighted by atomic mass is 9.87. The van der Waals surface area contributed by atoms with Crippen LogP contribution in [0.15, 0.2) is 47.4 Å². The van der Waals surface area contributed by atoms with Gasteiger partial charge in [-0.25, -0.2) is 12.7 Å². The van der Waals surface area contributed by atoms with Crippen molar-refractivity contribution >= 4 is 21.1 Å². The lowest BCUT2D eigenvalue weighted by Gasteiger charge is -2.19. The maximum Gasteiger partial charge on any atom is 0.242 e. The molecule has 162 valence electrons. The zero-order valence-electron chi connectivity index (χ0n) is 18.0. The quantitative estimate of drug-likeness (QED) is 0.509. The van der Waals surface area contributed by atoms with Crippen molar-refractivity contribution in [2.24, 2.45) is 0 Å². The van der Waals surface area contributed by atoms with Crippen molar-refractivity contribution in [3.8, 4) is 5.75 Å². The topological polar surface area (TPSA) is 86.6 Å². The van der Waals surface area contributed by atoms with E-state index < -0.39 is 10.0 Å². The molecule has 0 amide bonds. The van der Waals surface area contributed by atoms with Crippen molar-refractivity contribution in [1.29, 1.82) is 0 Å². The van der Waals surface area contributed by atoms with Crippen molar-refractivity contribution in [3.05, 3.63) is 48.0 Å². The molecule has 0 N–H and O–H groups in total. The van der Waals surface area contributed by atoms with E-state index in [-0.39, 0.29) is 10.3 Å². The molecule has 0 aliphatic carbocycles. The molecule has 1 aromatic heterocycles. The summed E-state index contributed by atoms with van der Waals surface area (Å²) in [6.07, 6.45) is 0.637. The molecule has 0 spiro atoms. The van der Waals surface area contributed by atoms with E-state index in [1.165, 1.54) is 36.6 Å². The van der Waals surface area contributed by atoms with Crippen LogP contribution in [0.2, 0.25) is 0 Å². The van der Waals surface area contributed by atoms with Crippen molar-refractivity contribution < 1.29 is 18.0 Å². The summed E-state index contributed by atoms with van der Waals surface area (Å²) in [6.45, 7) is 7.36. The number of sulfonamides is 1. The Bertz CT molecular complexity index is 1100. The van der Waals surface area contributed by atoms with Crippen LogP contribution in [0.4, 0.5) is 0 Å². The van der Waals surface area contributed by atoms with Gasteiger partial charge < -0.3 is 9.57 Å². The Morgan fingerprint density at radius 3 is 2.37 bits per heavy atom. The number of hydrogen-bond acceptors (Lipinski definition) is 6. The third-order valence-electron chi connectivity index (χ3n) is 4.66. The zero-order valence-corrected chi connectivity index (χ0v) is 18.8. The number of rotatable bonds is 8. The predicted molar refractivity (Wildman–Crippen MR) is 115 cm³/mol. The summed E-state index contributed by atoms with van der Waals surface area (Å²) in [6, 6.07) is 12.7. The first-order valence-electron chi connectivity index (χ1n) is 9.74. The molecule has 1 heterocycles. The van der Waals surface area contributed by atoms with Gasteiger partial charge in [0.2, 0.25) is 10.0 Å². The Balaban J connectivity index is 1.56. The average molecular weight is 433 g/mol. The van der Waals surface area contributed by atoms with Gasteiger partial charge in [-0.05, 0) is 46.5 Å². The van der Waals surface area contributed by atoms with Crippen LogP contribution in [-0.2, 0) is 15.4 Å². The van der Waals surface area contributed by atoms with E-state index in [1.54, 1.807) is 6.07 Å². The van der Waals surface area contributed by atoms with Crippen LogP contribution < -0.4 is 9.57 Å². The third-order valence-corrected chi connectivity index (χ3v) is 6.47. The van der Waals surface area contributed by atoms with E-state index in [2.05, 4.69) is 43.2 Å². The molecule has 0 bridgehead atoms.